The maximum atomic E-state index is 12.4. The summed E-state index contributed by atoms with van der Waals surface area (Å²) in [4.78, 5) is 16.1. The number of hydrogen-bond acceptors (Lipinski definition) is 5. The fourth-order valence-electron chi connectivity index (χ4n) is 2.42. The Morgan fingerprint density at radius 1 is 1.39 bits per heavy atom. The number of benzene rings is 1. The zero-order chi connectivity index (χ0) is 16.2. The highest BCUT2D eigenvalue weighted by atomic mass is 35.5. The second-order valence-corrected chi connectivity index (χ2v) is 5.83. The van der Waals surface area contributed by atoms with Crippen LogP contribution in [0.4, 0.5) is 5.69 Å². The van der Waals surface area contributed by atoms with E-state index in [1.54, 1.807) is 30.7 Å². The van der Waals surface area contributed by atoms with Crippen molar-refractivity contribution >= 4 is 23.2 Å². The topological polar surface area (TPSA) is 63.5 Å². The van der Waals surface area contributed by atoms with E-state index >= 15 is 0 Å². The smallest absolute Gasteiger partial charge is 0.241 e. The largest absolute Gasteiger partial charge is 0.490 e. The molecule has 1 aliphatic heterocycles. The van der Waals surface area contributed by atoms with Gasteiger partial charge in [0, 0.05) is 25.2 Å². The number of carbonyl (C=O) groups excluding carboxylic acids is 1. The minimum atomic E-state index is 0.0471. The van der Waals surface area contributed by atoms with Gasteiger partial charge in [-0.1, -0.05) is 11.6 Å². The minimum Gasteiger partial charge on any atom is -0.490 e. The predicted molar refractivity (Wildman–Crippen MR) is 86.8 cm³/mol. The molecule has 0 N–H and O–H groups in total. The van der Waals surface area contributed by atoms with Crippen LogP contribution in [0.25, 0.3) is 0 Å². The van der Waals surface area contributed by atoms with Crippen molar-refractivity contribution in [1.82, 2.24) is 19.7 Å². The SMILES string of the molecule is CN(CCn1cnnc1)C(=O)CN1CCOc2ccc(Cl)cc21. The summed E-state index contributed by atoms with van der Waals surface area (Å²) in [6.07, 6.45) is 3.27. The zero-order valence-electron chi connectivity index (χ0n) is 12.9. The molecule has 0 unspecified atom stereocenters. The number of aromatic nitrogens is 3. The summed E-state index contributed by atoms with van der Waals surface area (Å²) in [5.41, 5.74) is 0.865. The number of anilines is 1. The van der Waals surface area contributed by atoms with Gasteiger partial charge in [0.2, 0.25) is 5.91 Å². The Bertz CT molecular complexity index is 677. The average molecular weight is 336 g/mol. The first-order valence-corrected chi connectivity index (χ1v) is 7.75. The molecule has 3 rings (SSSR count). The van der Waals surface area contributed by atoms with Gasteiger partial charge in [-0.2, -0.15) is 0 Å². The third-order valence-electron chi connectivity index (χ3n) is 3.79. The van der Waals surface area contributed by atoms with E-state index in [0.717, 1.165) is 11.4 Å². The number of carbonyl (C=O) groups is 1. The van der Waals surface area contributed by atoms with Crippen molar-refractivity contribution in [3.63, 3.8) is 0 Å². The van der Waals surface area contributed by atoms with E-state index in [-0.39, 0.29) is 5.91 Å². The van der Waals surface area contributed by atoms with Crippen molar-refractivity contribution in [3.05, 3.63) is 35.9 Å². The van der Waals surface area contributed by atoms with Gasteiger partial charge in [-0.25, -0.2) is 0 Å². The molecule has 0 aliphatic carbocycles. The van der Waals surface area contributed by atoms with Crippen molar-refractivity contribution < 1.29 is 9.53 Å². The number of fused-ring (bicyclic) bond motifs is 1. The van der Waals surface area contributed by atoms with Crippen LogP contribution in [0.5, 0.6) is 5.75 Å². The summed E-state index contributed by atoms with van der Waals surface area (Å²) in [6.45, 7) is 2.80. The molecule has 0 fully saturated rings. The number of halogens is 1. The fraction of sp³-hybridized carbons (Fsp3) is 0.400. The Balaban J connectivity index is 1.61. The number of rotatable bonds is 5. The monoisotopic (exact) mass is 335 g/mol. The van der Waals surface area contributed by atoms with Gasteiger partial charge in [-0.3, -0.25) is 4.79 Å². The first-order valence-electron chi connectivity index (χ1n) is 7.37. The van der Waals surface area contributed by atoms with Gasteiger partial charge in [-0.05, 0) is 18.2 Å². The first kappa shape index (κ1) is 15.6. The molecule has 0 radical (unpaired) electrons. The van der Waals surface area contributed by atoms with Gasteiger partial charge >= 0.3 is 0 Å². The van der Waals surface area contributed by atoms with Gasteiger partial charge in [0.15, 0.2) is 0 Å². The Morgan fingerprint density at radius 2 is 2.17 bits per heavy atom. The van der Waals surface area contributed by atoms with E-state index in [1.807, 2.05) is 21.6 Å². The number of ether oxygens (including phenoxy) is 1. The summed E-state index contributed by atoms with van der Waals surface area (Å²) in [5, 5.41) is 8.13. The summed E-state index contributed by atoms with van der Waals surface area (Å²) in [7, 11) is 1.80. The standard InChI is InChI=1S/C15H18ClN5O2/c1-19(4-5-20-10-17-18-11-20)15(22)9-21-6-7-23-14-3-2-12(16)8-13(14)21/h2-3,8,10-11H,4-7,9H2,1H3. The highest BCUT2D eigenvalue weighted by molar-refractivity contribution is 6.31. The maximum absolute atomic E-state index is 12.4. The van der Waals surface area contributed by atoms with Crippen LogP contribution < -0.4 is 9.64 Å². The van der Waals surface area contributed by atoms with Crippen molar-refractivity contribution in [2.75, 3.05) is 38.2 Å². The number of hydrogen-bond donors (Lipinski definition) is 0. The third kappa shape index (κ3) is 3.73. The molecule has 8 heteroatoms. The fourth-order valence-corrected chi connectivity index (χ4v) is 2.59. The molecular weight excluding hydrogens is 318 g/mol. The van der Waals surface area contributed by atoms with Crippen LogP contribution in [-0.4, -0.2) is 58.9 Å². The molecule has 2 heterocycles. The lowest BCUT2D eigenvalue weighted by Gasteiger charge is -2.32. The molecule has 0 saturated heterocycles. The molecule has 0 bridgehead atoms. The van der Waals surface area contributed by atoms with Crippen LogP contribution in [0.1, 0.15) is 0 Å². The Hall–Kier alpha value is -2.28. The zero-order valence-corrected chi connectivity index (χ0v) is 13.6. The predicted octanol–water partition coefficient (Wildman–Crippen LogP) is 1.29. The van der Waals surface area contributed by atoms with Gasteiger partial charge in [0.1, 0.15) is 25.0 Å². The van der Waals surface area contributed by atoms with E-state index in [2.05, 4.69) is 10.2 Å². The highest BCUT2D eigenvalue weighted by Gasteiger charge is 2.22. The molecule has 7 nitrogen and oxygen atoms in total. The van der Waals surface area contributed by atoms with Crippen molar-refractivity contribution in [3.8, 4) is 5.75 Å². The lowest BCUT2D eigenvalue weighted by molar-refractivity contribution is -0.128. The lowest BCUT2D eigenvalue weighted by Crippen LogP contribution is -2.42. The normalized spacial score (nSPS) is 13.4. The average Bonchev–Trinajstić information content (AvgIpc) is 3.06. The quantitative estimate of drug-likeness (QED) is 0.824. The van der Waals surface area contributed by atoms with Gasteiger partial charge in [0.25, 0.3) is 0 Å². The number of likely N-dealkylation sites (N-methyl/N-ethyl adjacent to an activating group) is 1. The summed E-state index contributed by atoms with van der Waals surface area (Å²) >= 11 is 6.06. The second-order valence-electron chi connectivity index (χ2n) is 5.40. The second kappa shape index (κ2) is 6.87. The molecule has 1 aromatic carbocycles. The summed E-state index contributed by atoms with van der Waals surface area (Å²) in [6, 6.07) is 5.46. The number of amides is 1. The van der Waals surface area contributed by atoms with Crippen LogP contribution >= 0.6 is 11.6 Å². The first-order chi connectivity index (χ1) is 11.1. The molecule has 1 amide bonds. The summed E-state index contributed by atoms with van der Waals surface area (Å²) in [5.74, 6) is 0.812. The Morgan fingerprint density at radius 3 is 2.96 bits per heavy atom. The van der Waals surface area contributed by atoms with E-state index in [9.17, 15) is 4.79 Å². The van der Waals surface area contributed by atoms with Crippen LogP contribution in [0.3, 0.4) is 0 Å². The number of nitrogens with zero attached hydrogens (tertiary/aromatic N) is 5. The van der Waals surface area contributed by atoms with E-state index in [0.29, 0.717) is 37.8 Å². The van der Waals surface area contributed by atoms with Crippen LogP contribution in [0, 0.1) is 0 Å². The molecule has 0 spiro atoms. The molecule has 0 atom stereocenters. The van der Waals surface area contributed by atoms with E-state index < -0.39 is 0 Å². The van der Waals surface area contributed by atoms with E-state index in [1.165, 1.54) is 0 Å². The lowest BCUT2D eigenvalue weighted by atomic mass is 10.2. The van der Waals surface area contributed by atoms with Crippen molar-refractivity contribution in [1.29, 1.82) is 0 Å². The molecule has 23 heavy (non-hydrogen) atoms. The summed E-state index contributed by atoms with van der Waals surface area (Å²) < 4.78 is 7.45. The Labute approximate surface area is 139 Å². The minimum absolute atomic E-state index is 0.0471. The van der Waals surface area contributed by atoms with Gasteiger partial charge < -0.3 is 19.1 Å². The molecule has 1 aliphatic rings. The molecule has 122 valence electrons. The molecular formula is C15H18ClN5O2. The van der Waals surface area contributed by atoms with Crippen LogP contribution in [0.2, 0.25) is 5.02 Å². The molecule has 0 saturated carbocycles. The highest BCUT2D eigenvalue weighted by Crippen LogP contribution is 2.33. The van der Waals surface area contributed by atoms with E-state index in [4.69, 9.17) is 16.3 Å². The van der Waals surface area contributed by atoms with Crippen molar-refractivity contribution in [2.24, 2.45) is 0 Å². The molecule has 2 aromatic rings. The Kier molecular flexibility index (Phi) is 4.66. The maximum Gasteiger partial charge on any atom is 0.241 e. The van der Waals surface area contributed by atoms with Crippen LogP contribution in [-0.2, 0) is 11.3 Å². The van der Waals surface area contributed by atoms with Gasteiger partial charge in [0.05, 0.1) is 18.8 Å². The third-order valence-corrected chi connectivity index (χ3v) is 4.03. The van der Waals surface area contributed by atoms with Gasteiger partial charge in [-0.15, -0.1) is 10.2 Å². The van der Waals surface area contributed by atoms with Crippen LogP contribution in [0.15, 0.2) is 30.9 Å². The van der Waals surface area contributed by atoms with Crippen molar-refractivity contribution in [2.45, 2.75) is 6.54 Å². The molecule has 1 aromatic heterocycles.